The maximum Gasteiger partial charge on any atom is 0.284 e. The topological polar surface area (TPSA) is 167 Å². The highest BCUT2D eigenvalue weighted by atomic mass is 19.2. The summed E-state index contributed by atoms with van der Waals surface area (Å²) in [5, 5.41) is 50.6. The molecule has 0 aromatic heterocycles. The molecule has 70 heavy (non-hydrogen) atoms. The molecule has 11 nitrogen and oxygen atoms in total. The van der Waals surface area contributed by atoms with E-state index in [1.807, 2.05) is 47.6 Å². The lowest BCUT2D eigenvalue weighted by molar-refractivity contribution is -0.433. The van der Waals surface area contributed by atoms with E-state index < -0.39 is 134 Å². The van der Waals surface area contributed by atoms with Gasteiger partial charge in [0, 0.05) is 58.5 Å². The van der Waals surface area contributed by atoms with Crippen LogP contribution in [0.5, 0.6) is 0 Å². The molecule has 5 N–H and O–H groups in total. The van der Waals surface area contributed by atoms with E-state index in [-0.39, 0.29) is 101 Å². The van der Waals surface area contributed by atoms with Crippen LogP contribution < -0.4 is 5.32 Å². The molecule has 15 heteroatoms. The first-order valence-corrected chi connectivity index (χ1v) is 26.9. The van der Waals surface area contributed by atoms with Gasteiger partial charge in [-0.3, -0.25) is 9.59 Å². The number of fused-ring (bicyclic) bond motifs is 10. The Morgan fingerprint density at radius 1 is 0.957 bits per heavy atom. The number of epoxide rings is 1. The van der Waals surface area contributed by atoms with E-state index >= 15 is 22.4 Å². The summed E-state index contributed by atoms with van der Waals surface area (Å²) in [6, 6.07) is 0. The number of nitrogens with one attached hydrogen (secondary N) is 1. The molecule has 2 heterocycles. The Kier molecular flexibility index (Phi) is 12.1. The van der Waals surface area contributed by atoms with E-state index in [9.17, 15) is 25.2 Å². The number of rotatable bonds is 12. The van der Waals surface area contributed by atoms with Crippen molar-refractivity contribution in [2.45, 2.75) is 211 Å². The zero-order chi connectivity index (χ0) is 50.9. The summed E-state index contributed by atoms with van der Waals surface area (Å²) in [5.74, 6) is -6.87. The van der Waals surface area contributed by atoms with Crippen LogP contribution in [0.1, 0.15) is 140 Å². The molecule has 8 aliphatic carbocycles. The monoisotopic (exact) mass is 992 g/mol. The zero-order valence-corrected chi connectivity index (χ0v) is 43.1. The number of aliphatic hydroxyl groups is 4. The molecule has 9 fully saturated rings. The lowest BCUT2D eigenvalue weighted by atomic mass is 9.41. The summed E-state index contributed by atoms with van der Waals surface area (Å²) in [6.45, 7) is 17.4. The normalized spacial score (nSPS) is 56.8. The molecular weight excluding hydrogens is 911 g/mol. The molecule has 7 saturated carbocycles. The van der Waals surface area contributed by atoms with Crippen LogP contribution in [0.15, 0.2) is 23.3 Å². The van der Waals surface area contributed by atoms with Crippen molar-refractivity contribution in [2.24, 2.45) is 69.0 Å². The Labute approximate surface area is 411 Å². The van der Waals surface area contributed by atoms with Gasteiger partial charge in [-0.1, -0.05) is 74.0 Å². The number of allylic oxidation sites excluding steroid dienone is 3. The van der Waals surface area contributed by atoms with Crippen LogP contribution in [0.2, 0.25) is 0 Å². The number of Topliss-reactive ketones (excluding diaryl/α,β-unsaturated/α-hetero) is 2. The lowest BCUT2D eigenvalue weighted by Gasteiger charge is -2.68. The van der Waals surface area contributed by atoms with Crippen LogP contribution in [0.4, 0.5) is 17.6 Å². The van der Waals surface area contributed by atoms with Crippen LogP contribution >= 0.6 is 0 Å². The van der Waals surface area contributed by atoms with Crippen molar-refractivity contribution < 1.29 is 66.5 Å². The van der Waals surface area contributed by atoms with Gasteiger partial charge in [0.25, 0.3) is 5.97 Å². The minimum atomic E-state index is -2.65. The standard InChI is InChI=1S/C55H81F4NO10/c1-11-31(25-60-50-20-29(5)54(66,45-40(26-61)69-45)49(50,10)24-43(64)53(59)41(50)19-39(57)37-17-32-16-33(32)22-47(37,53)8)21-46(7)36(15-30(6)62)38(56)18-35-34-14-28(4)55(48(34,9)23-42(63)52(35,46)58)44(65)27-68-51(12-2,70-55)67-13-3/h15,17,28-35,38-41,43,45,60-62,64,66H,11-14,16,18-27H2,1-10H3/b36-15-/t28-,29-,30?,31?,32+,33?,34-,35-,38-,39-,40+,41?,43-,45?,46-,47-,48-,49-,50+,51?,52-,53-,54-,55-/m0/s1. The molecule has 0 amide bonds. The number of hydrogen-bond acceptors (Lipinski definition) is 11. The minimum absolute atomic E-state index is 0.00368. The second-order valence-electron chi connectivity index (χ2n) is 25.4. The maximum absolute atomic E-state index is 19.5. The smallest absolute Gasteiger partial charge is 0.284 e. The summed E-state index contributed by atoms with van der Waals surface area (Å²) in [7, 11) is 0. The third-order valence-electron chi connectivity index (χ3n) is 22.4. The van der Waals surface area contributed by atoms with Crippen LogP contribution in [0, 0.1) is 69.0 Å². The molecule has 394 valence electrons. The molecule has 6 unspecified atom stereocenters. The van der Waals surface area contributed by atoms with E-state index in [1.54, 1.807) is 20.8 Å². The number of carbonyl (C=O) groups excluding carboxylic acids is 2. The molecule has 10 rings (SSSR count). The van der Waals surface area contributed by atoms with Crippen molar-refractivity contribution in [1.82, 2.24) is 5.32 Å². The van der Waals surface area contributed by atoms with Gasteiger partial charge in [0.1, 0.15) is 42.4 Å². The van der Waals surface area contributed by atoms with Crippen LogP contribution in [-0.2, 0) is 28.5 Å². The molecule has 10 aliphatic rings. The SMILES string of the molecule is CCOC1(CC)OCC(=O)[C@@]2(O1)[C@@H](C)C[C@H]1[C@@H]3C[C@H](F)/C(=C/C(C)O)[C@](C)(CC(CC)CN[C@@]45C[C@H](C)[C@](O)(C6O[C@@H]6CO)[C@@]4(C)C[C@H](O)[C@@]4(F)C5C[C@H](F)C5=C[C@H]6CC6C[C@@]54C)[C@@]3(F)C(=O)C[C@@]12C. The Bertz CT molecular complexity index is 2220. The summed E-state index contributed by atoms with van der Waals surface area (Å²) < 4.78 is 98.0. The fraction of sp³-hybridized carbons (Fsp3) is 0.891. The van der Waals surface area contributed by atoms with Crippen LogP contribution in [0.3, 0.4) is 0 Å². The molecule has 24 atom stereocenters. The van der Waals surface area contributed by atoms with Gasteiger partial charge in [-0.2, -0.15) is 0 Å². The largest absolute Gasteiger partial charge is 0.394 e. The van der Waals surface area contributed by atoms with Gasteiger partial charge < -0.3 is 44.7 Å². The highest BCUT2D eigenvalue weighted by molar-refractivity contribution is 5.96. The third-order valence-corrected chi connectivity index (χ3v) is 22.4. The number of aliphatic hydroxyl groups excluding tert-OH is 3. The van der Waals surface area contributed by atoms with Gasteiger partial charge in [0.2, 0.25) is 0 Å². The van der Waals surface area contributed by atoms with Crippen LogP contribution in [0.25, 0.3) is 0 Å². The van der Waals surface area contributed by atoms with Crippen molar-refractivity contribution in [1.29, 1.82) is 0 Å². The average Bonchev–Trinajstić information content (AvgIpc) is 4.23. The summed E-state index contributed by atoms with van der Waals surface area (Å²) in [4.78, 5) is 29.7. The van der Waals surface area contributed by atoms with Gasteiger partial charge in [-0.15, -0.1) is 0 Å². The van der Waals surface area contributed by atoms with Crippen molar-refractivity contribution in [3.63, 3.8) is 0 Å². The molecule has 2 saturated heterocycles. The number of halogens is 4. The van der Waals surface area contributed by atoms with E-state index in [4.69, 9.17) is 18.9 Å². The fourth-order valence-corrected chi connectivity index (χ4v) is 19.0. The van der Waals surface area contributed by atoms with Crippen LogP contribution in [-0.4, -0.2) is 129 Å². The van der Waals surface area contributed by atoms with Crippen molar-refractivity contribution in [3.8, 4) is 0 Å². The highest BCUT2D eigenvalue weighted by Crippen LogP contribution is 2.77. The Morgan fingerprint density at radius 2 is 1.67 bits per heavy atom. The second kappa shape index (κ2) is 16.3. The first kappa shape index (κ1) is 51.7. The van der Waals surface area contributed by atoms with Gasteiger partial charge in [-0.25, -0.2) is 17.6 Å². The molecule has 0 bridgehead atoms. The predicted octanol–water partition coefficient (Wildman–Crippen LogP) is 7.54. The summed E-state index contributed by atoms with van der Waals surface area (Å²) in [5.41, 5.74) is -14.9. The van der Waals surface area contributed by atoms with Gasteiger partial charge in [0.05, 0.1) is 18.8 Å². The highest BCUT2D eigenvalue weighted by Gasteiger charge is 2.85. The fourth-order valence-electron chi connectivity index (χ4n) is 19.0. The minimum Gasteiger partial charge on any atom is -0.394 e. The van der Waals surface area contributed by atoms with Crippen molar-refractivity contribution in [3.05, 3.63) is 23.3 Å². The number of ketones is 2. The number of ether oxygens (including phenoxy) is 4. The van der Waals surface area contributed by atoms with E-state index in [0.29, 0.717) is 18.4 Å². The molecule has 2 aliphatic heterocycles. The van der Waals surface area contributed by atoms with Gasteiger partial charge in [-0.05, 0) is 118 Å². The first-order valence-electron chi connectivity index (χ1n) is 26.9. The van der Waals surface area contributed by atoms with E-state index in [0.717, 1.165) is 6.42 Å². The molecule has 1 spiro atoms. The summed E-state index contributed by atoms with van der Waals surface area (Å²) >= 11 is 0. The number of alkyl halides is 4. The number of carbonyl (C=O) groups is 2. The molecule has 0 radical (unpaired) electrons. The number of hydrogen-bond donors (Lipinski definition) is 5. The Balaban J connectivity index is 1.04. The zero-order valence-electron chi connectivity index (χ0n) is 43.1. The molecular formula is C55H81F4NO10. The first-order chi connectivity index (χ1) is 32.7. The molecule has 0 aromatic carbocycles. The Morgan fingerprint density at radius 3 is 2.30 bits per heavy atom. The second-order valence-corrected chi connectivity index (χ2v) is 25.4. The summed E-state index contributed by atoms with van der Waals surface area (Å²) in [6.07, 6.45) is -3.08. The van der Waals surface area contributed by atoms with Crippen molar-refractivity contribution >= 4 is 11.6 Å². The third kappa shape index (κ3) is 6.19. The maximum atomic E-state index is 19.5. The lowest BCUT2D eigenvalue weighted by Crippen LogP contribution is -2.79. The Hall–Kier alpha value is -1.82. The predicted molar refractivity (Wildman–Crippen MR) is 251 cm³/mol. The quantitative estimate of drug-likeness (QED) is 0.0745. The van der Waals surface area contributed by atoms with E-state index in [1.165, 1.54) is 13.0 Å². The van der Waals surface area contributed by atoms with E-state index in [2.05, 4.69) is 5.32 Å². The average molecular weight is 992 g/mol. The van der Waals surface area contributed by atoms with Gasteiger partial charge in [0.15, 0.2) is 22.9 Å². The van der Waals surface area contributed by atoms with Gasteiger partial charge >= 0.3 is 0 Å². The van der Waals surface area contributed by atoms with Crippen molar-refractivity contribution in [2.75, 3.05) is 26.4 Å². The molecule has 0 aromatic rings.